The number of nitrogens with one attached hydrogen (secondary N) is 1. The fourth-order valence-electron chi connectivity index (χ4n) is 3.07. The first-order chi connectivity index (χ1) is 11.1. The van der Waals surface area contributed by atoms with E-state index in [2.05, 4.69) is 32.8 Å². The number of carbonyl (C=O) groups is 1. The van der Waals surface area contributed by atoms with Crippen molar-refractivity contribution in [3.63, 3.8) is 0 Å². The van der Waals surface area contributed by atoms with E-state index in [1.165, 1.54) is 29.5 Å². The summed E-state index contributed by atoms with van der Waals surface area (Å²) in [5.41, 5.74) is 1.92. The smallest absolute Gasteiger partial charge is 0.264 e. The number of fused-ring (bicyclic) bond motifs is 1. The molecule has 7 heteroatoms. The topological polar surface area (TPSA) is 58.8 Å². The quantitative estimate of drug-likeness (QED) is 0.847. The summed E-state index contributed by atoms with van der Waals surface area (Å²) in [4.78, 5) is 24.3. The summed E-state index contributed by atoms with van der Waals surface area (Å²) in [6.45, 7) is 4.04. The monoisotopic (exact) mass is 346 g/mol. The van der Waals surface area contributed by atoms with Gasteiger partial charge in [0.1, 0.15) is 0 Å². The van der Waals surface area contributed by atoms with E-state index in [9.17, 15) is 4.79 Å². The first-order valence-corrected chi connectivity index (χ1v) is 9.47. The van der Waals surface area contributed by atoms with E-state index in [0.29, 0.717) is 10.9 Å². The Morgan fingerprint density at radius 2 is 2.17 bits per heavy atom. The van der Waals surface area contributed by atoms with Gasteiger partial charge in [-0.1, -0.05) is 12.8 Å². The Bertz CT molecular complexity index is 840. The van der Waals surface area contributed by atoms with E-state index >= 15 is 0 Å². The summed E-state index contributed by atoms with van der Waals surface area (Å²) in [6, 6.07) is 0.375. The van der Waals surface area contributed by atoms with Crippen molar-refractivity contribution in [1.82, 2.24) is 14.7 Å². The van der Waals surface area contributed by atoms with Gasteiger partial charge >= 0.3 is 0 Å². The number of hydrogen-bond acceptors (Lipinski definition) is 5. The minimum atomic E-state index is -0.0620. The average molecular weight is 346 g/mol. The zero-order valence-corrected chi connectivity index (χ0v) is 14.8. The third-order valence-corrected chi connectivity index (χ3v) is 6.03. The van der Waals surface area contributed by atoms with Gasteiger partial charge < -0.3 is 5.32 Å². The number of nitrogens with zero attached hydrogens (tertiary/aromatic N) is 3. The summed E-state index contributed by atoms with van der Waals surface area (Å²) in [6.07, 6.45) is 8.75. The van der Waals surface area contributed by atoms with Crippen LogP contribution in [0.2, 0.25) is 0 Å². The van der Waals surface area contributed by atoms with Crippen molar-refractivity contribution < 1.29 is 4.79 Å². The molecule has 2 aromatic rings. The maximum atomic E-state index is 12.2. The molecule has 0 spiro atoms. The van der Waals surface area contributed by atoms with E-state index in [-0.39, 0.29) is 5.91 Å². The van der Waals surface area contributed by atoms with E-state index in [1.54, 1.807) is 11.3 Å². The second-order valence-corrected chi connectivity index (χ2v) is 8.26. The molecular formula is C16H18N4OS2. The number of amidine groups is 1. The van der Waals surface area contributed by atoms with Crippen molar-refractivity contribution in [3.05, 3.63) is 27.4 Å². The number of imidazole rings is 1. The first kappa shape index (κ1) is 15.0. The van der Waals surface area contributed by atoms with Crippen molar-refractivity contribution in [2.45, 2.75) is 45.6 Å². The number of aromatic nitrogens is 2. The molecule has 2 fully saturated rings. The van der Waals surface area contributed by atoms with Gasteiger partial charge in [-0.2, -0.15) is 0 Å². The molecule has 2 aromatic heterocycles. The van der Waals surface area contributed by atoms with Gasteiger partial charge in [0, 0.05) is 11.1 Å². The minimum Gasteiger partial charge on any atom is -0.301 e. The van der Waals surface area contributed by atoms with Crippen LogP contribution in [-0.2, 0) is 4.79 Å². The van der Waals surface area contributed by atoms with Crippen LogP contribution in [0.1, 0.15) is 41.9 Å². The number of amides is 1. The first-order valence-electron chi connectivity index (χ1n) is 7.84. The zero-order chi connectivity index (χ0) is 16.0. The number of rotatable bonds is 2. The molecule has 1 aliphatic carbocycles. The highest BCUT2D eigenvalue weighted by Gasteiger charge is 2.26. The second kappa shape index (κ2) is 5.79. The molecule has 1 aliphatic heterocycles. The van der Waals surface area contributed by atoms with Crippen LogP contribution in [-0.4, -0.2) is 26.5 Å². The lowest BCUT2D eigenvalue weighted by Gasteiger charge is -2.02. The van der Waals surface area contributed by atoms with Gasteiger partial charge in [-0.15, -0.1) is 11.3 Å². The van der Waals surface area contributed by atoms with Crippen LogP contribution in [0.3, 0.4) is 0 Å². The number of hydrogen-bond donors (Lipinski definition) is 1. The minimum absolute atomic E-state index is 0.0620. The van der Waals surface area contributed by atoms with Crippen molar-refractivity contribution in [2.24, 2.45) is 4.99 Å². The van der Waals surface area contributed by atoms with Crippen LogP contribution in [0, 0.1) is 13.8 Å². The molecule has 4 rings (SSSR count). The molecule has 0 bridgehead atoms. The lowest BCUT2D eigenvalue weighted by atomic mass is 10.3. The maximum Gasteiger partial charge on any atom is 0.264 e. The van der Waals surface area contributed by atoms with Crippen LogP contribution in [0.4, 0.5) is 0 Å². The highest BCUT2D eigenvalue weighted by molar-refractivity contribution is 8.18. The number of thiazole rings is 1. The Hall–Kier alpha value is -1.60. The molecule has 1 saturated heterocycles. The third-order valence-electron chi connectivity index (χ3n) is 4.21. The predicted octanol–water partition coefficient (Wildman–Crippen LogP) is 3.52. The fraction of sp³-hybridized carbons (Fsp3) is 0.438. The highest BCUT2D eigenvalue weighted by atomic mass is 32.2. The van der Waals surface area contributed by atoms with Gasteiger partial charge in [0.05, 0.1) is 22.3 Å². The average Bonchev–Trinajstić information content (AvgIpc) is 3.22. The largest absolute Gasteiger partial charge is 0.301 e. The van der Waals surface area contributed by atoms with E-state index in [0.717, 1.165) is 34.4 Å². The van der Waals surface area contributed by atoms with Crippen LogP contribution < -0.4 is 5.32 Å². The molecule has 0 unspecified atom stereocenters. The normalized spacial score (nSPS) is 22.8. The molecule has 5 nitrogen and oxygen atoms in total. The van der Waals surface area contributed by atoms with Gasteiger partial charge in [-0.3, -0.25) is 14.2 Å². The summed E-state index contributed by atoms with van der Waals surface area (Å²) < 4.78 is 2.06. The zero-order valence-electron chi connectivity index (χ0n) is 13.1. The molecule has 23 heavy (non-hydrogen) atoms. The molecule has 120 valence electrons. The Balaban J connectivity index is 1.65. The summed E-state index contributed by atoms with van der Waals surface area (Å²) in [5, 5.41) is 3.64. The van der Waals surface area contributed by atoms with Crippen molar-refractivity contribution in [1.29, 1.82) is 0 Å². The summed E-state index contributed by atoms with van der Waals surface area (Å²) in [5.74, 6) is -0.0620. The summed E-state index contributed by atoms with van der Waals surface area (Å²) >= 11 is 3.10. The van der Waals surface area contributed by atoms with Crippen molar-refractivity contribution in [2.75, 3.05) is 0 Å². The summed E-state index contributed by atoms with van der Waals surface area (Å²) in [7, 11) is 0. The molecule has 1 saturated carbocycles. The molecule has 0 aromatic carbocycles. The standard InChI is InChI=1S/C16H18N4OS2/c1-9-8-20-12(10(2)17-16(20)22-9)7-13-14(21)19-15(23-13)18-11-5-3-4-6-11/h7-8,11H,3-6H2,1-2H3,(H,18,19,21)/b13-7-. The second-order valence-electron chi connectivity index (χ2n) is 6.01. The van der Waals surface area contributed by atoms with Gasteiger partial charge in [0.2, 0.25) is 0 Å². The van der Waals surface area contributed by atoms with E-state index < -0.39 is 0 Å². The Morgan fingerprint density at radius 3 is 2.96 bits per heavy atom. The number of aryl methyl sites for hydroxylation is 2. The SMILES string of the molecule is Cc1cn2c(/C=C3\SC(=NC4CCCC4)NC3=O)c(C)nc2s1. The van der Waals surface area contributed by atoms with Gasteiger partial charge in [-0.25, -0.2) is 4.98 Å². The van der Waals surface area contributed by atoms with Crippen LogP contribution in [0.5, 0.6) is 0 Å². The number of thioether (sulfide) groups is 1. The Kier molecular flexibility index (Phi) is 3.77. The molecule has 0 radical (unpaired) electrons. The Morgan fingerprint density at radius 1 is 1.39 bits per heavy atom. The van der Waals surface area contributed by atoms with E-state index in [4.69, 9.17) is 0 Å². The molecule has 1 amide bonds. The van der Waals surface area contributed by atoms with Crippen LogP contribution in [0.25, 0.3) is 11.0 Å². The van der Waals surface area contributed by atoms with Gasteiger partial charge in [-0.05, 0) is 44.5 Å². The van der Waals surface area contributed by atoms with Gasteiger partial charge in [0.15, 0.2) is 10.1 Å². The molecule has 3 heterocycles. The Labute approximate surface area is 142 Å². The predicted molar refractivity (Wildman–Crippen MR) is 95.9 cm³/mol. The maximum absolute atomic E-state index is 12.2. The molecule has 1 N–H and O–H groups in total. The highest BCUT2D eigenvalue weighted by Crippen LogP contribution is 2.30. The van der Waals surface area contributed by atoms with E-state index in [1.807, 2.05) is 13.0 Å². The van der Waals surface area contributed by atoms with Crippen LogP contribution in [0.15, 0.2) is 16.1 Å². The van der Waals surface area contributed by atoms with Gasteiger partial charge in [0.25, 0.3) is 5.91 Å². The molecule has 0 atom stereocenters. The molecular weight excluding hydrogens is 328 g/mol. The molecule has 2 aliphatic rings. The number of carbonyl (C=O) groups excluding carboxylic acids is 1. The van der Waals surface area contributed by atoms with Crippen LogP contribution >= 0.6 is 23.1 Å². The van der Waals surface area contributed by atoms with Crippen molar-refractivity contribution in [3.8, 4) is 0 Å². The number of aliphatic imine (C=N–C) groups is 1. The lowest BCUT2D eigenvalue weighted by molar-refractivity contribution is -0.115. The fourth-order valence-corrected chi connectivity index (χ4v) is 4.81. The van der Waals surface area contributed by atoms with Crippen molar-refractivity contribution >= 4 is 45.2 Å². The lowest BCUT2D eigenvalue weighted by Crippen LogP contribution is -2.21. The third kappa shape index (κ3) is 2.83.